The third-order valence-corrected chi connectivity index (χ3v) is 6.90. The van der Waals surface area contributed by atoms with Gasteiger partial charge in [-0.2, -0.15) is 0 Å². The Morgan fingerprint density at radius 1 is 1.02 bits per heavy atom. The van der Waals surface area contributed by atoms with Crippen LogP contribution in [-0.2, 0) is 19.9 Å². The Hall–Kier alpha value is -4.31. The Kier molecular flexibility index (Phi) is 11.1. The molecule has 242 valence electrons. The molecule has 1 aliphatic rings. The van der Waals surface area contributed by atoms with E-state index in [0.717, 1.165) is 17.7 Å². The fourth-order valence-corrected chi connectivity index (χ4v) is 4.63. The summed E-state index contributed by atoms with van der Waals surface area (Å²) >= 11 is 5.89. The molecule has 0 bridgehead atoms. The summed E-state index contributed by atoms with van der Waals surface area (Å²) < 4.78 is 55.6. The van der Waals surface area contributed by atoms with Gasteiger partial charge in [0.15, 0.2) is 12.2 Å². The normalized spacial score (nSPS) is 18.1. The van der Waals surface area contributed by atoms with Crippen LogP contribution in [0.5, 0.6) is 5.75 Å². The molecule has 2 aromatic carbocycles. The Morgan fingerprint density at radius 2 is 1.62 bits per heavy atom. The lowest BCUT2D eigenvalue weighted by Gasteiger charge is -2.30. The summed E-state index contributed by atoms with van der Waals surface area (Å²) in [5.74, 6) is -4.68. The maximum atomic E-state index is 14.0. The third-order valence-electron chi connectivity index (χ3n) is 6.68. The number of alkyl halides is 3. The van der Waals surface area contributed by atoms with Crippen molar-refractivity contribution < 1.29 is 57.1 Å². The lowest BCUT2D eigenvalue weighted by molar-refractivity contribution is -0.274. The average Bonchev–Trinajstić information content (AvgIpc) is 3.27. The molecule has 0 saturated carbocycles. The molecule has 4 rings (SSSR count). The zero-order valence-electron chi connectivity index (χ0n) is 23.6. The van der Waals surface area contributed by atoms with Crippen molar-refractivity contribution in [1.29, 1.82) is 0 Å². The van der Waals surface area contributed by atoms with Gasteiger partial charge in [-0.1, -0.05) is 29.8 Å². The van der Waals surface area contributed by atoms with Crippen molar-refractivity contribution in [2.24, 2.45) is 0 Å². The number of aliphatic hydroxyl groups excluding tert-OH is 2. The van der Waals surface area contributed by atoms with Crippen LogP contribution in [0.25, 0.3) is 0 Å². The number of nitrogens with zero attached hydrogens (tertiary/aromatic N) is 2. The SMILES string of the molecule is CC(C)(NC1C[C@H](c2cccc(F)c2)N(c2ccc(OC(F)(F)F)cc2)C1=O)c1ccc(Cl)nc1.O=C(O)[C@H](O)[C@@H](O)C(=O)O. The summed E-state index contributed by atoms with van der Waals surface area (Å²) in [7, 11) is 0. The molecule has 11 nitrogen and oxygen atoms in total. The van der Waals surface area contributed by atoms with Crippen molar-refractivity contribution in [3.63, 3.8) is 0 Å². The molecular weight excluding hydrogens is 630 g/mol. The molecule has 0 spiro atoms. The number of carbonyl (C=O) groups excluding carboxylic acids is 1. The minimum absolute atomic E-state index is 0.293. The van der Waals surface area contributed by atoms with E-state index in [-0.39, 0.29) is 5.91 Å². The first-order chi connectivity index (χ1) is 20.9. The Bertz CT molecular complexity index is 1490. The van der Waals surface area contributed by atoms with Gasteiger partial charge in [0.05, 0.1) is 12.1 Å². The number of aromatic nitrogens is 1. The third kappa shape index (κ3) is 9.34. The molecular formula is C29H28ClF4N3O8. The summed E-state index contributed by atoms with van der Waals surface area (Å²) in [6.07, 6.45) is -7.43. The Balaban J connectivity index is 0.000000477. The molecule has 1 fully saturated rings. The van der Waals surface area contributed by atoms with Gasteiger partial charge in [-0.25, -0.2) is 19.0 Å². The maximum absolute atomic E-state index is 14.0. The number of carbonyl (C=O) groups is 3. The highest BCUT2D eigenvalue weighted by Gasteiger charge is 2.43. The molecule has 5 N–H and O–H groups in total. The number of nitrogens with one attached hydrogen (secondary N) is 1. The molecule has 16 heteroatoms. The molecule has 4 atom stereocenters. The van der Waals surface area contributed by atoms with Crippen LogP contribution in [0.1, 0.15) is 37.4 Å². The second kappa shape index (κ2) is 14.2. The predicted molar refractivity (Wildman–Crippen MR) is 151 cm³/mol. The molecule has 1 aromatic heterocycles. The number of halogens is 5. The average molecular weight is 658 g/mol. The van der Waals surface area contributed by atoms with Crippen LogP contribution >= 0.6 is 11.6 Å². The van der Waals surface area contributed by atoms with Gasteiger partial charge in [0.2, 0.25) is 5.91 Å². The minimum Gasteiger partial charge on any atom is -0.479 e. The zero-order valence-corrected chi connectivity index (χ0v) is 24.3. The molecule has 1 unspecified atom stereocenters. The smallest absolute Gasteiger partial charge is 0.479 e. The number of hydrogen-bond acceptors (Lipinski definition) is 8. The fraction of sp³-hybridized carbons (Fsp3) is 0.310. The van der Waals surface area contributed by atoms with E-state index in [1.54, 1.807) is 24.4 Å². The summed E-state index contributed by atoms with van der Waals surface area (Å²) in [6.45, 7) is 3.79. The number of carboxylic acids is 2. The van der Waals surface area contributed by atoms with E-state index in [1.165, 1.54) is 29.2 Å². The number of rotatable bonds is 9. The van der Waals surface area contributed by atoms with E-state index in [4.69, 9.17) is 32.0 Å². The van der Waals surface area contributed by atoms with Crippen LogP contribution in [0, 0.1) is 5.82 Å². The maximum Gasteiger partial charge on any atom is 0.573 e. The topological polar surface area (TPSA) is 170 Å². The summed E-state index contributed by atoms with van der Waals surface area (Å²) in [4.78, 5) is 38.7. The number of aliphatic hydroxyl groups is 2. The standard InChI is InChI=1S/C25H22ClF4N3O2.C4H6O6/c1-24(2,16-6-11-22(26)31-14-16)32-20-13-21(15-4-3-5-17(27)12-15)33(23(20)34)18-7-9-19(10-8-18)35-25(28,29)30;5-1(3(7)8)2(6)4(9)10/h3-12,14,20-21,32H,13H2,1-2H3;1-2,5-6H,(H,7,8)(H,9,10)/t20?,21-;1-,2-/m11/s1. The van der Waals surface area contributed by atoms with Crippen LogP contribution in [0.15, 0.2) is 66.9 Å². The van der Waals surface area contributed by atoms with Gasteiger partial charge in [-0.3, -0.25) is 10.1 Å². The number of amides is 1. The summed E-state index contributed by atoms with van der Waals surface area (Å²) in [5, 5.41) is 36.2. The number of aliphatic carboxylic acids is 2. The van der Waals surface area contributed by atoms with Gasteiger partial charge in [-0.15, -0.1) is 13.2 Å². The zero-order chi connectivity index (χ0) is 33.7. The number of carboxylic acid groups (broad SMARTS) is 2. The molecule has 1 saturated heterocycles. The van der Waals surface area contributed by atoms with E-state index in [0.29, 0.717) is 22.8 Å². The van der Waals surface area contributed by atoms with Crippen LogP contribution in [-0.4, -0.2) is 67.9 Å². The number of hydrogen-bond donors (Lipinski definition) is 5. The van der Waals surface area contributed by atoms with Crippen molar-refractivity contribution in [2.75, 3.05) is 4.90 Å². The molecule has 2 heterocycles. The monoisotopic (exact) mass is 657 g/mol. The second-order valence-corrected chi connectivity index (χ2v) is 10.7. The lowest BCUT2D eigenvalue weighted by atomic mass is 9.93. The van der Waals surface area contributed by atoms with E-state index >= 15 is 0 Å². The minimum atomic E-state index is -4.83. The number of anilines is 1. The quantitative estimate of drug-likeness (QED) is 0.167. The first kappa shape index (κ1) is 35.2. The van der Waals surface area contributed by atoms with E-state index in [2.05, 4.69) is 15.0 Å². The Labute approximate surface area is 258 Å². The van der Waals surface area contributed by atoms with Gasteiger partial charge in [0.25, 0.3) is 0 Å². The van der Waals surface area contributed by atoms with E-state index < -0.39 is 59.7 Å². The largest absolute Gasteiger partial charge is 0.573 e. The highest BCUT2D eigenvalue weighted by molar-refractivity contribution is 6.29. The fourth-order valence-electron chi connectivity index (χ4n) is 4.52. The lowest BCUT2D eigenvalue weighted by Crippen LogP contribution is -2.47. The predicted octanol–water partition coefficient (Wildman–Crippen LogP) is 4.02. The highest BCUT2D eigenvalue weighted by Crippen LogP contribution is 2.39. The molecule has 1 amide bonds. The van der Waals surface area contributed by atoms with Gasteiger partial charge in [0.1, 0.15) is 16.7 Å². The van der Waals surface area contributed by atoms with Crippen LogP contribution in [0.2, 0.25) is 5.15 Å². The molecule has 45 heavy (non-hydrogen) atoms. The van der Waals surface area contributed by atoms with Crippen LogP contribution in [0.4, 0.5) is 23.2 Å². The Morgan fingerprint density at radius 3 is 2.11 bits per heavy atom. The molecule has 1 aliphatic heterocycles. The number of benzene rings is 2. The second-order valence-electron chi connectivity index (χ2n) is 10.3. The van der Waals surface area contributed by atoms with E-state index in [1.807, 2.05) is 19.9 Å². The van der Waals surface area contributed by atoms with Crippen molar-refractivity contribution in [3.05, 3.63) is 89.0 Å². The number of pyridine rings is 1. The molecule has 0 radical (unpaired) electrons. The van der Waals surface area contributed by atoms with Crippen molar-refractivity contribution >= 4 is 35.1 Å². The van der Waals surface area contributed by atoms with Gasteiger partial charge in [-0.05, 0) is 73.9 Å². The van der Waals surface area contributed by atoms with Crippen molar-refractivity contribution in [1.82, 2.24) is 10.3 Å². The van der Waals surface area contributed by atoms with Gasteiger partial charge in [0, 0.05) is 17.4 Å². The first-order valence-electron chi connectivity index (χ1n) is 13.1. The van der Waals surface area contributed by atoms with Gasteiger partial charge >= 0.3 is 18.3 Å². The molecule has 0 aliphatic carbocycles. The first-order valence-corrected chi connectivity index (χ1v) is 13.4. The van der Waals surface area contributed by atoms with Crippen LogP contribution < -0.4 is 15.0 Å². The number of ether oxygens (including phenoxy) is 1. The van der Waals surface area contributed by atoms with Crippen molar-refractivity contribution in [3.8, 4) is 5.75 Å². The highest BCUT2D eigenvalue weighted by atomic mass is 35.5. The summed E-state index contributed by atoms with van der Waals surface area (Å²) in [5.41, 5.74) is 1.09. The molecule has 3 aromatic rings. The van der Waals surface area contributed by atoms with Crippen LogP contribution in [0.3, 0.4) is 0 Å². The summed E-state index contributed by atoms with van der Waals surface area (Å²) in [6, 6.07) is 13.2. The van der Waals surface area contributed by atoms with Gasteiger partial charge < -0.3 is 30.1 Å². The van der Waals surface area contributed by atoms with E-state index in [9.17, 15) is 31.9 Å². The van der Waals surface area contributed by atoms with Crippen molar-refractivity contribution in [2.45, 2.75) is 56.5 Å².